The summed E-state index contributed by atoms with van der Waals surface area (Å²) in [6.45, 7) is 4.82. The van der Waals surface area contributed by atoms with E-state index in [0.717, 1.165) is 12.0 Å². The Morgan fingerprint density at radius 3 is 2.47 bits per heavy atom. The van der Waals surface area contributed by atoms with E-state index in [9.17, 15) is 19.2 Å². The predicted molar refractivity (Wildman–Crippen MR) is 117 cm³/mol. The molecule has 5 fully saturated rings. The first-order valence-electron chi connectivity index (χ1n) is 12.1. The number of carbonyl (C=O) groups is 4. The van der Waals surface area contributed by atoms with Crippen LogP contribution in [0.1, 0.15) is 32.8 Å². The highest BCUT2D eigenvalue weighted by Crippen LogP contribution is 2.84. The summed E-state index contributed by atoms with van der Waals surface area (Å²) < 4.78 is 16.9. The topological polar surface area (TPSA) is 108 Å². The zero-order valence-corrected chi connectivity index (χ0v) is 19.5. The molecule has 0 aliphatic heterocycles. The monoisotopic (exact) mass is 467 g/mol. The molecule has 9 atom stereocenters. The lowest BCUT2D eigenvalue weighted by molar-refractivity contribution is -0.210. The van der Waals surface area contributed by atoms with Gasteiger partial charge < -0.3 is 19.5 Å². The second kappa shape index (κ2) is 7.06. The smallest absolute Gasteiger partial charge is 0.408 e. The van der Waals surface area contributed by atoms with Crippen molar-refractivity contribution < 1.29 is 33.4 Å². The van der Waals surface area contributed by atoms with Crippen molar-refractivity contribution in [2.24, 2.45) is 47.3 Å². The van der Waals surface area contributed by atoms with E-state index >= 15 is 0 Å². The molecule has 0 radical (unpaired) electrons. The van der Waals surface area contributed by atoms with Crippen molar-refractivity contribution in [1.82, 2.24) is 5.32 Å². The van der Waals surface area contributed by atoms with Gasteiger partial charge >= 0.3 is 18.0 Å². The average molecular weight is 468 g/mol. The number of esters is 2. The highest BCUT2D eigenvalue weighted by Gasteiger charge is 2.91. The van der Waals surface area contributed by atoms with Crippen molar-refractivity contribution >= 4 is 23.8 Å². The summed E-state index contributed by atoms with van der Waals surface area (Å²) in [5.74, 6) is -1.07. The summed E-state index contributed by atoms with van der Waals surface area (Å²) in [4.78, 5) is 51.7. The van der Waals surface area contributed by atoms with E-state index in [1.165, 1.54) is 0 Å². The fourth-order valence-electron chi connectivity index (χ4n) is 8.15. The van der Waals surface area contributed by atoms with E-state index in [4.69, 9.17) is 14.2 Å². The van der Waals surface area contributed by atoms with Crippen molar-refractivity contribution in [3.63, 3.8) is 0 Å². The minimum atomic E-state index is -1.46. The Balaban J connectivity index is 1.24. The number of rotatable bonds is 6. The third kappa shape index (κ3) is 2.77. The molecule has 0 unspecified atom stereocenters. The van der Waals surface area contributed by atoms with Gasteiger partial charge in [0.2, 0.25) is 5.60 Å². The summed E-state index contributed by atoms with van der Waals surface area (Å²) in [5, 5.41) is 2.41. The molecule has 1 aromatic carbocycles. The molecule has 1 N–H and O–H groups in total. The second-order valence-electron chi connectivity index (χ2n) is 11.4. The number of alkyl carbamates (subject to hydrolysis) is 1. The SMILES string of the molecule is CC(C)(C)OC(=O)NCC(=O)O[C@@]1(C(=O)OCc2ccccc2)[C@@H]2[C@H]3C[C@H]4[C@@H]2C(=O)[C@@H]2[C@H]4[C@H]3[C@@H]21. The third-order valence-corrected chi connectivity index (χ3v) is 8.74. The molecule has 0 spiro atoms. The summed E-state index contributed by atoms with van der Waals surface area (Å²) in [6, 6.07) is 9.33. The zero-order chi connectivity index (χ0) is 24.0. The van der Waals surface area contributed by atoms with E-state index in [1.807, 2.05) is 30.3 Å². The molecule has 5 aliphatic carbocycles. The van der Waals surface area contributed by atoms with E-state index in [0.29, 0.717) is 11.8 Å². The van der Waals surface area contributed by atoms with Gasteiger partial charge in [-0.2, -0.15) is 0 Å². The average Bonchev–Trinajstić information content (AvgIpc) is 3.29. The number of hydrogen-bond donors (Lipinski definition) is 1. The van der Waals surface area contributed by atoms with Gasteiger partial charge in [-0.25, -0.2) is 9.59 Å². The summed E-state index contributed by atoms with van der Waals surface area (Å²) in [5.41, 5.74) is -1.33. The summed E-state index contributed by atoms with van der Waals surface area (Å²) in [7, 11) is 0. The normalized spacial score (nSPS) is 39.7. The number of benzene rings is 1. The van der Waals surface area contributed by atoms with Crippen LogP contribution in [-0.2, 0) is 35.2 Å². The predicted octanol–water partition coefficient (Wildman–Crippen LogP) is 2.49. The molecule has 5 saturated carbocycles. The molecular formula is C26H29NO7. The molecule has 1 aromatic rings. The number of nitrogens with one attached hydrogen (secondary N) is 1. The molecule has 1 amide bonds. The van der Waals surface area contributed by atoms with Gasteiger partial charge in [0, 0.05) is 23.7 Å². The first-order valence-corrected chi connectivity index (χ1v) is 12.1. The number of fused-ring (bicyclic) bond motifs is 2. The molecule has 8 nitrogen and oxygen atoms in total. The van der Waals surface area contributed by atoms with Crippen LogP contribution in [0.4, 0.5) is 4.79 Å². The Labute approximate surface area is 197 Å². The Bertz CT molecular complexity index is 1080. The maximum atomic E-state index is 13.7. The Hall–Kier alpha value is -2.90. The molecule has 0 saturated heterocycles. The quantitative estimate of drug-likeness (QED) is 0.506. The van der Waals surface area contributed by atoms with Crippen LogP contribution < -0.4 is 5.32 Å². The van der Waals surface area contributed by atoms with Crippen LogP contribution in [0.3, 0.4) is 0 Å². The standard InChI is InChI=1S/C26H29NO7/c1-25(2,3)34-24(31)27-10-15(28)33-26(23(30)32-11-12-7-5-4-6-8-12)20-14-9-13-16-17(14)21(26)19(16)22(29)18(13)20/h4-8,13-14,16-21H,9-11H2,1-3H3,(H,27,31)/t13-,14+,16-,17+,18+,19-,20-,21+,26+/m1/s1. The van der Waals surface area contributed by atoms with Crippen LogP contribution in [0.5, 0.6) is 0 Å². The molecule has 6 rings (SSSR count). The molecule has 8 heteroatoms. The first-order chi connectivity index (χ1) is 16.1. The van der Waals surface area contributed by atoms with Crippen molar-refractivity contribution in [3.8, 4) is 0 Å². The minimum absolute atomic E-state index is 0.0695. The van der Waals surface area contributed by atoms with Crippen LogP contribution in [0.15, 0.2) is 30.3 Å². The maximum Gasteiger partial charge on any atom is 0.408 e. The fourth-order valence-corrected chi connectivity index (χ4v) is 8.15. The number of Topliss-reactive ketones (excluding diaryl/α,β-unsaturated/α-hetero) is 1. The molecule has 0 heterocycles. The van der Waals surface area contributed by atoms with E-state index < -0.39 is 35.8 Å². The molecule has 5 aliphatic rings. The van der Waals surface area contributed by atoms with Crippen molar-refractivity contribution in [1.29, 1.82) is 0 Å². The Morgan fingerprint density at radius 2 is 1.76 bits per heavy atom. The third-order valence-electron chi connectivity index (χ3n) is 8.74. The second-order valence-corrected chi connectivity index (χ2v) is 11.4. The number of carbonyl (C=O) groups excluding carboxylic acids is 4. The van der Waals surface area contributed by atoms with Crippen molar-refractivity contribution in [2.45, 2.75) is 45.0 Å². The summed E-state index contributed by atoms with van der Waals surface area (Å²) >= 11 is 0. The van der Waals surface area contributed by atoms with Gasteiger partial charge in [-0.15, -0.1) is 0 Å². The molecule has 2 bridgehead atoms. The number of ketones is 1. The van der Waals surface area contributed by atoms with Gasteiger partial charge in [0.05, 0.1) is 0 Å². The van der Waals surface area contributed by atoms with E-state index in [-0.39, 0.29) is 47.9 Å². The van der Waals surface area contributed by atoms with Crippen LogP contribution in [0, 0.1) is 47.3 Å². The van der Waals surface area contributed by atoms with Gasteiger partial charge in [-0.05, 0) is 56.4 Å². The molecule has 34 heavy (non-hydrogen) atoms. The van der Waals surface area contributed by atoms with Gasteiger partial charge in [0.25, 0.3) is 0 Å². The van der Waals surface area contributed by atoms with Gasteiger partial charge in [-0.1, -0.05) is 30.3 Å². The number of hydrogen-bond acceptors (Lipinski definition) is 7. The molecule has 180 valence electrons. The molecule has 0 aromatic heterocycles. The van der Waals surface area contributed by atoms with Crippen molar-refractivity contribution in [2.75, 3.05) is 6.54 Å². The lowest BCUT2D eigenvalue weighted by atomic mass is 9.55. The lowest BCUT2D eigenvalue weighted by Gasteiger charge is -2.50. The highest BCUT2D eigenvalue weighted by molar-refractivity contribution is 5.97. The van der Waals surface area contributed by atoms with Gasteiger partial charge in [0.15, 0.2) is 0 Å². The minimum Gasteiger partial charge on any atom is -0.458 e. The van der Waals surface area contributed by atoms with E-state index in [2.05, 4.69) is 5.32 Å². The molecular weight excluding hydrogens is 438 g/mol. The van der Waals surface area contributed by atoms with Gasteiger partial charge in [-0.3, -0.25) is 9.59 Å². The zero-order valence-electron chi connectivity index (χ0n) is 19.5. The highest BCUT2D eigenvalue weighted by atomic mass is 16.6. The Morgan fingerprint density at radius 1 is 1.03 bits per heavy atom. The number of ether oxygens (including phenoxy) is 3. The van der Waals surface area contributed by atoms with Crippen LogP contribution in [-0.4, -0.2) is 41.6 Å². The van der Waals surface area contributed by atoms with Crippen LogP contribution in [0.2, 0.25) is 0 Å². The van der Waals surface area contributed by atoms with Crippen LogP contribution >= 0.6 is 0 Å². The maximum absolute atomic E-state index is 13.7. The summed E-state index contributed by atoms with van der Waals surface area (Å²) in [6.07, 6.45) is 0.185. The van der Waals surface area contributed by atoms with Crippen LogP contribution in [0.25, 0.3) is 0 Å². The van der Waals surface area contributed by atoms with Crippen molar-refractivity contribution in [3.05, 3.63) is 35.9 Å². The lowest BCUT2D eigenvalue weighted by Crippen LogP contribution is -2.64. The van der Waals surface area contributed by atoms with Gasteiger partial charge in [0.1, 0.15) is 24.5 Å². The fraction of sp³-hybridized carbons (Fsp3) is 0.615. The largest absolute Gasteiger partial charge is 0.458 e. The van der Waals surface area contributed by atoms with E-state index in [1.54, 1.807) is 20.8 Å². The number of amides is 1. The first kappa shape index (κ1) is 21.6. The Kier molecular flexibility index (Phi) is 4.49.